The zero-order valence-electron chi connectivity index (χ0n) is 10.2. The Bertz CT molecular complexity index is 736. The molecule has 0 saturated carbocycles. The SMILES string of the molecule is O=Cc1cccn2nc(C3CCCCS3(=O)=O)nc12. The van der Waals surface area contributed by atoms with E-state index in [0.717, 1.165) is 6.42 Å². The van der Waals surface area contributed by atoms with E-state index in [9.17, 15) is 13.2 Å². The Kier molecular flexibility index (Phi) is 2.85. The van der Waals surface area contributed by atoms with Crippen LogP contribution in [0.15, 0.2) is 18.3 Å². The van der Waals surface area contributed by atoms with E-state index in [4.69, 9.17) is 0 Å². The van der Waals surface area contributed by atoms with Crippen LogP contribution in [0.25, 0.3) is 5.65 Å². The molecule has 0 bridgehead atoms. The van der Waals surface area contributed by atoms with Crippen molar-refractivity contribution in [1.29, 1.82) is 0 Å². The van der Waals surface area contributed by atoms with Crippen molar-refractivity contribution in [2.75, 3.05) is 5.75 Å². The topological polar surface area (TPSA) is 81.4 Å². The molecule has 1 saturated heterocycles. The summed E-state index contributed by atoms with van der Waals surface area (Å²) in [5.41, 5.74) is 0.822. The van der Waals surface area contributed by atoms with E-state index in [1.54, 1.807) is 18.3 Å². The summed E-state index contributed by atoms with van der Waals surface area (Å²) in [6, 6.07) is 3.32. The second kappa shape index (κ2) is 4.41. The predicted octanol–water partition coefficient (Wildman–Crippen LogP) is 1.18. The molecule has 7 heteroatoms. The van der Waals surface area contributed by atoms with Gasteiger partial charge in [-0.1, -0.05) is 6.42 Å². The minimum Gasteiger partial charge on any atom is -0.298 e. The van der Waals surface area contributed by atoms with Gasteiger partial charge in [0.15, 0.2) is 27.6 Å². The second-order valence-electron chi connectivity index (χ2n) is 4.67. The van der Waals surface area contributed by atoms with E-state index >= 15 is 0 Å². The highest BCUT2D eigenvalue weighted by molar-refractivity contribution is 7.91. The molecular formula is C12H13N3O3S. The third-order valence-electron chi connectivity index (χ3n) is 3.40. The molecule has 1 atom stereocenters. The Labute approximate surface area is 110 Å². The molecule has 100 valence electrons. The van der Waals surface area contributed by atoms with Crippen LogP contribution in [0.3, 0.4) is 0 Å². The lowest BCUT2D eigenvalue weighted by atomic mass is 10.2. The molecule has 1 fully saturated rings. The normalized spacial score (nSPS) is 22.4. The highest BCUT2D eigenvalue weighted by atomic mass is 32.2. The number of nitrogens with zero attached hydrogens (tertiary/aromatic N) is 3. The van der Waals surface area contributed by atoms with Crippen molar-refractivity contribution in [2.45, 2.75) is 24.5 Å². The lowest BCUT2D eigenvalue weighted by molar-refractivity contribution is 0.112. The first-order valence-electron chi connectivity index (χ1n) is 6.14. The number of aldehydes is 1. The van der Waals surface area contributed by atoms with Gasteiger partial charge in [0.25, 0.3) is 0 Å². The third kappa shape index (κ3) is 2.03. The second-order valence-corrected chi connectivity index (χ2v) is 6.97. The van der Waals surface area contributed by atoms with Gasteiger partial charge in [0.05, 0.1) is 11.3 Å². The molecule has 1 unspecified atom stereocenters. The van der Waals surface area contributed by atoms with Crippen molar-refractivity contribution in [3.05, 3.63) is 29.7 Å². The summed E-state index contributed by atoms with van der Waals surface area (Å²) in [5.74, 6) is 0.488. The molecule has 3 heterocycles. The summed E-state index contributed by atoms with van der Waals surface area (Å²) in [5, 5.41) is 3.57. The van der Waals surface area contributed by atoms with Crippen molar-refractivity contribution >= 4 is 21.8 Å². The lowest BCUT2D eigenvalue weighted by Crippen LogP contribution is -2.22. The van der Waals surface area contributed by atoms with Crippen LogP contribution in [0.4, 0.5) is 0 Å². The number of fused-ring (bicyclic) bond motifs is 1. The maximum absolute atomic E-state index is 12.1. The van der Waals surface area contributed by atoms with Gasteiger partial charge in [-0.2, -0.15) is 0 Å². The number of hydrogen-bond acceptors (Lipinski definition) is 5. The van der Waals surface area contributed by atoms with Crippen LogP contribution in [0.2, 0.25) is 0 Å². The highest BCUT2D eigenvalue weighted by Crippen LogP contribution is 2.31. The molecule has 0 N–H and O–H groups in total. The highest BCUT2D eigenvalue weighted by Gasteiger charge is 2.33. The van der Waals surface area contributed by atoms with Gasteiger partial charge in [-0.25, -0.2) is 17.9 Å². The van der Waals surface area contributed by atoms with Crippen molar-refractivity contribution in [1.82, 2.24) is 14.6 Å². The number of aromatic nitrogens is 3. The molecule has 0 amide bonds. The van der Waals surface area contributed by atoms with E-state index in [1.165, 1.54) is 4.52 Å². The van der Waals surface area contributed by atoms with E-state index in [0.29, 0.717) is 36.2 Å². The molecule has 3 rings (SSSR count). The number of pyridine rings is 1. The van der Waals surface area contributed by atoms with Gasteiger partial charge in [-0.3, -0.25) is 4.79 Å². The summed E-state index contributed by atoms with van der Waals surface area (Å²) in [4.78, 5) is 15.2. The first-order valence-corrected chi connectivity index (χ1v) is 7.85. The molecule has 0 spiro atoms. The smallest absolute Gasteiger partial charge is 0.169 e. The van der Waals surface area contributed by atoms with Gasteiger partial charge in [-0.15, -0.1) is 5.10 Å². The predicted molar refractivity (Wildman–Crippen MR) is 68.8 cm³/mol. The summed E-state index contributed by atoms with van der Waals surface area (Å²) in [6.07, 6.45) is 4.47. The van der Waals surface area contributed by atoms with Crippen molar-refractivity contribution in [3.8, 4) is 0 Å². The first kappa shape index (κ1) is 12.3. The standard InChI is InChI=1S/C12H13N3O3S/c16-8-9-4-3-6-15-12(9)13-11(14-15)10-5-1-2-7-19(10,17)18/h3-4,6,8,10H,1-2,5,7H2. The van der Waals surface area contributed by atoms with Gasteiger partial charge >= 0.3 is 0 Å². The average molecular weight is 279 g/mol. The Hall–Kier alpha value is -1.76. The summed E-state index contributed by atoms with van der Waals surface area (Å²) < 4.78 is 25.6. The molecule has 0 radical (unpaired) electrons. The fourth-order valence-electron chi connectivity index (χ4n) is 2.42. The van der Waals surface area contributed by atoms with Gasteiger partial charge in [-0.05, 0) is 25.0 Å². The van der Waals surface area contributed by atoms with Crippen LogP contribution in [0.1, 0.15) is 40.7 Å². The Balaban J connectivity index is 2.13. The van der Waals surface area contributed by atoms with Crippen molar-refractivity contribution < 1.29 is 13.2 Å². The number of carbonyl (C=O) groups excluding carboxylic acids is 1. The van der Waals surface area contributed by atoms with Crippen LogP contribution >= 0.6 is 0 Å². The molecule has 2 aromatic rings. The minimum atomic E-state index is -3.17. The average Bonchev–Trinajstić information content (AvgIpc) is 2.81. The first-order chi connectivity index (χ1) is 9.12. The summed E-state index contributed by atoms with van der Waals surface area (Å²) >= 11 is 0. The fraction of sp³-hybridized carbons (Fsp3) is 0.417. The van der Waals surface area contributed by atoms with Crippen LogP contribution in [0, 0.1) is 0 Å². The molecule has 6 nitrogen and oxygen atoms in total. The zero-order chi connectivity index (χ0) is 13.5. The van der Waals surface area contributed by atoms with Gasteiger partial charge < -0.3 is 0 Å². The summed E-state index contributed by atoms with van der Waals surface area (Å²) in [7, 11) is -3.17. The fourth-order valence-corrected chi connectivity index (χ4v) is 4.25. The number of carbonyl (C=O) groups is 1. The lowest BCUT2D eigenvalue weighted by Gasteiger charge is -2.19. The third-order valence-corrected chi connectivity index (χ3v) is 5.57. The van der Waals surface area contributed by atoms with E-state index in [1.807, 2.05) is 0 Å². The Morgan fingerprint density at radius 1 is 1.37 bits per heavy atom. The number of hydrogen-bond donors (Lipinski definition) is 0. The van der Waals surface area contributed by atoms with Gasteiger partial charge in [0, 0.05) is 6.20 Å². The molecule has 0 aliphatic carbocycles. The maximum Gasteiger partial charge on any atom is 0.169 e. The van der Waals surface area contributed by atoms with Gasteiger partial charge in [0.2, 0.25) is 0 Å². The Morgan fingerprint density at radius 2 is 2.21 bits per heavy atom. The maximum atomic E-state index is 12.1. The van der Waals surface area contributed by atoms with Gasteiger partial charge in [0.1, 0.15) is 5.25 Å². The number of rotatable bonds is 2. The minimum absolute atomic E-state index is 0.188. The monoisotopic (exact) mass is 279 g/mol. The van der Waals surface area contributed by atoms with Crippen LogP contribution < -0.4 is 0 Å². The van der Waals surface area contributed by atoms with E-state index in [-0.39, 0.29) is 5.75 Å². The van der Waals surface area contributed by atoms with E-state index < -0.39 is 15.1 Å². The van der Waals surface area contributed by atoms with E-state index in [2.05, 4.69) is 10.1 Å². The molecule has 1 aliphatic heterocycles. The van der Waals surface area contributed by atoms with Crippen molar-refractivity contribution in [3.63, 3.8) is 0 Å². The molecule has 2 aromatic heterocycles. The van der Waals surface area contributed by atoms with Crippen LogP contribution in [-0.4, -0.2) is 35.1 Å². The molecule has 1 aliphatic rings. The Morgan fingerprint density at radius 3 is 2.95 bits per heavy atom. The van der Waals surface area contributed by atoms with Crippen LogP contribution in [-0.2, 0) is 9.84 Å². The molecular weight excluding hydrogens is 266 g/mol. The molecule has 0 aromatic carbocycles. The quantitative estimate of drug-likeness (QED) is 0.771. The molecule has 19 heavy (non-hydrogen) atoms. The number of sulfone groups is 1. The zero-order valence-corrected chi connectivity index (χ0v) is 11.0. The van der Waals surface area contributed by atoms with Crippen molar-refractivity contribution in [2.24, 2.45) is 0 Å². The summed E-state index contributed by atoms with van der Waals surface area (Å²) in [6.45, 7) is 0. The van der Waals surface area contributed by atoms with Crippen LogP contribution in [0.5, 0.6) is 0 Å². The largest absolute Gasteiger partial charge is 0.298 e.